The summed E-state index contributed by atoms with van der Waals surface area (Å²) in [7, 11) is 0. The van der Waals surface area contributed by atoms with Gasteiger partial charge in [0.1, 0.15) is 11.7 Å². The van der Waals surface area contributed by atoms with Crippen LogP contribution in [0.15, 0.2) is 0 Å². The van der Waals surface area contributed by atoms with Gasteiger partial charge in [-0.1, -0.05) is 6.92 Å². The number of ether oxygens (including phenoxy) is 1. The van der Waals surface area contributed by atoms with E-state index >= 15 is 0 Å². The Kier molecular flexibility index (Phi) is 8.47. The van der Waals surface area contributed by atoms with Crippen molar-refractivity contribution in [3.63, 3.8) is 0 Å². The predicted molar refractivity (Wildman–Crippen MR) is 63.0 cm³/mol. The number of carbonyl (C=O) groups excluding carboxylic acids is 2. The zero-order chi connectivity index (χ0) is 11.7. The summed E-state index contributed by atoms with van der Waals surface area (Å²) in [6.45, 7) is 3.80. The minimum absolute atomic E-state index is 0.0859. The molecule has 0 saturated heterocycles. The standard InChI is InChI=1S/C11H20O3S/c1-4-7-14-11(13)10(9(2)12)6-5-8-15-3/h10H,4-8H2,1-3H3. The summed E-state index contributed by atoms with van der Waals surface area (Å²) >= 11 is 1.72. The summed E-state index contributed by atoms with van der Waals surface area (Å²) in [6, 6.07) is 0. The Morgan fingerprint density at radius 3 is 2.53 bits per heavy atom. The van der Waals surface area contributed by atoms with Gasteiger partial charge in [-0.05, 0) is 38.2 Å². The van der Waals surface area contributed by atoms with Crippen molar-refractivity contribution in [2.45, 2.75) is 33.1 Å². The van der Waals surface area contributed by atoms with Crippen LogP contribution in [0.5, 0.6) is 0 Å². The number of esters is 1. The van der Waals surface area contributed by atoms with Gasteiger partial charge in [0.2, 0.25) is 0 Å². The first-order valence-electron chi connectivity index (χ1n) is 5.29. The Balaban J connectivity index is 4.01. The van der Waals surface area contributed by atoms with Crippen molar-refractivity contribution in [3.8, 4) is 0 Å². The summed E-state index contributed by atoms with van der Waals surface area (Å²) in [5.74, 6) is -0.0171. The van der Waals surface area contributed by atoms with E-state index in [1.807, 2.05) is 13.2 Å². The maximum Gasteiger partial charge on any atom is 0.316 e. The fraction of sp³-hybridized carbons (Fsp3) is 0.818. The summed E-state index contributed by atoms with van der Waals surface area (Å²) in [6.07, 6.45) is 4.30. The van der Waals surface area contributed by atoms with E-state index in [2.05, 4.69) is 0 Å². The van der Waals surface area contributed by atoms with Gasteiger partial charge in [-0.25, -0.2) is 0 Å². The van der Waals surface area contributed by atoms with Crippen molar-refractivity contribution >= 4 is 23.5 Å². The molecule has 0 aliphatic rings. The molecule has 0 N–H and O–H groups in total. The van der Waals surface area contributed by atoms with Crippen LogP contribution in [0.25, 0.3) is 0 Å². The number of thioether (sulfide) groups is 1. The van der Waals surface area contributed by atoms with Crippen molar-refractivity contribution < 1.29 is 14.3 Å². The third-order valence-corrected chi connectivity index (χ3v) is 2.76. The van der Waals surface area contributed by atoms with E-state index in [9.17, 15) is 9.59 Å². The van der Waals surface area contributed by atoms with Gasteiger partial charge in [0, 0.05) is 0 Å². The highest BCUT2D eigenvalue weighted by atomic mass is 32.2. The van der Waals surface area contributed by atoms with Crippen LogP contribution in [-0.4, -0.2) is 30.4 Å². The Labute approximate surface area is 95.9 Å². The van der Waals surface area contributed by atoms with E-state index in [-0.39, 0.29) is 11.8 Å². The Bertz CT molecular complexity index is 204. The summed E-state index contributed by atoms with van der Waals surface area (Å²) in [4.78, 5) is 22.7. The van der Waals surface area contributed by atoms with Gasteiger partial charge in [0.05, 0.1) is 6.61 Å². The smallest absolute Gasteiger partial charge is 0.316 e. The molecule has 0 aliphatic heterocycles. The zero-order valence-electron chi connectivity index (χ0n) is 9.75. The van der Waals surface area contributed by atoms with E-state index < -0.39 is 5.92 Å². The molecule has 3 nitrogen and oxygen atoms in total. The molecule has 0 radical (unpaired) electrons. The molecular formula is C11H20O3S. The first-order chi connectivity index (χ1) is 7.13. The Morgan fingerprint density at radius 1 is 1.40 bits per heavy atom. The van der Waals surface area contributed by atoms with Crippen molar-refractivity contribution in [2.75, 3.05) is 18.6 Å². The first-order valence-corrected chi connectivity index (χ1v) is 6.68. The molecule has 88 valence electrons. The molecule has 0 amide bonds. The van der Waals surface area contributed by atoms with Crippen LogP contribution in [-0.2, 0) is 14.3 Å². The maximum absolute atomic E-state index is 11.5. The average molecular weight is 232 g/mol. The summed E-state index contributed by atoms with van der Waals surface area (Å²) in [5.41, 5.74) is 0. The topological polar surface area (TPSA) is 43.4 Å². The lowest BCUT2D eigenvalue weighted by Crippen LogP contribution is -2.24. The zero-order valence-corrected chi connectivity index (χ0v) is 10.6. The van der Waals surface area contributed by atoms with E-state index in [4.69, 9.17) is 4.74 Å². The highest BCUT2D eigenvalue weighted by molar-refractivity contribution is 7.98. The molecule has 1 unspecified atom stereocenters. The number of Topliss-reactive ketones (excluding diaryl/α,β-unsaturated/α-hetero) is 1. The van der Waals surface area contributed by atoms with Crippen LogP contribution in [0.1, 0.15) is 33.1 Å². The number of hydrogen-bond donors (Lipinski definition) is 0. The second-order valence-electron chi connectivity index (χ2n) is 3.47. The molecule has 15 heavy (non-hydrogen) atoms. The molecule has 0 spiro atoms. The molecule has 1 atom stereocenters. The summed E-state index contributed by atoms with van der Waals surface area (Å²) < 4.78 is 4.98. The van der Waals surface area contributed by atoms with Crippen LogP contribution >= 0.6 is 11.8 Å². The normalized spacial score (nSPS) is 12.2. The Morgan fingerprint density at radius 2 is 2.07 bits per heavy atom. The van der Waals surface area contributed by atoms with Gasteiger partial charge >= 0.3 is 5.97 Å². The lowest BCUT2D eigenvalue weighted by molar-refractivity contribution is -0.151. The first kappa shape index (κ1) is 14.5. The maximum atomic E-state index is 11.5. The van der Waals surface area contributed by atoms with Crippen molar-refractivity contribution in [2.24, 2.45) is 5.92 Å². The van der Waals surface area contributed by atoms with Gasteiger partial charge in [0.15, 0.2) is 0 Å². The number of carbonyl (C=O) groups is 2. The number of rotatable bonds is 8. The lowest BCUT2D eigenvalue weighted by Gasteiger charge is -2.12. The van der Waals surface area contributed by atoms with E-state index in [0.29, 0.717) is 13.0 Å². The second kappa shape index (κ2) is 8.77. The van der Waals surface area contributed by atoms with Gasteiger partial charge in [-0.2, -0.15) is 11.8 Å². The van der Waals surface area contributed by atoms with Crippen LogP contribution < -0.4 is 0 Å². The van der Waals surface area contributed by atoms with Gasteiger partial charge in [0.25, 0.3) is 0 Å². The third-order valence-electron chi connectivity index (χ3n) is 2.06. The van der Waals surface area contributed by atoms with Crippen LogP contribution in [0.2, 0.25) is 0 Å². The van der Waals surface area contributed by atoms with Crippen LogP contribution in [0, 0.1) is 5.92 Å². The largest absolute Gasteiger partial charge is 0.465 e. The lowest BCUT2D eigenvalue weighted by atomic mass is 10.00. The van der Waals surface area contributed by atoms with Crippen molar-refractivity contribution in [3.05, 3.63) is 0 Å². The SMILES string of the molecule is CCCOC(=O)C(CCCSC)C(C)=O. The van der Waals surface area contributed by atoms with Crippen LogP contribution in [0.4, 0.5) is 0 Å². The predicted octanol–water partition coefficient (Wildman–Crippen LogP) is 2.29. The highest BCUT2D eigenvalue weighted by Gasteiger charge is 2.23. The molecule has 0 aromatic rings. The molecule has 0 aromatic heterocycles. The number of ketones is 1. The van der Waals surface area contributed by atoms with E-state index in [1.54, 1.807) is 11.8 Å². The molecule has 0 fully saturated rings. The van der Waals surface area contributed by atoms with Crippen molar-refractivity contribution in [1.82, 2.24) is 0 Å². The molecule has 0 rings (SSSR count). The van der Waals surface area contributed by atoms with Crippen LogP contribution in [0.3, 0.4) is 0 Å². The highest BCUT2D eigenvalue weighted by Crippen LogP contribution is 2.12. The van der Waals surface area contributed by atoms with Gasteiger partial charge in [-0.3, -0.25) is 9.59 Å². The fourth-order valence-electron chi connectivity index (χ4n) is 1.22. The minimum Gasteiger partial charge on any atom is -0.465 e. The van der Waals surface area contributed by atoms with Gasteiger partial charge < -0.3 is 4.74 Å². The summed E-state index contributed by atoms with van der Waals surface area (Å²) in [5, 5.41) is 0. The second-order valence-corrected chi connectivity index (χ2v) is 4.45. The molecule has 0 saturated carbocycles. The minimum atomic E-state index is -0.552. The quantitative estimate of drug-likeness (QED) is 0.366. The molecular weight excluding hydrogens is 212 g/mol. The Hall–Kier alpha value is -0.510. The van der Waals surface area contributed by atoms with Gasteiger partial charge in [-0.15, -0.1) is 0 Å². The van der Waals surface area contributed by atoms with E-state index in [0.717, 1.165) is 18.6 Å². The monoisotopic (exact) mass is 232 g/mol. The molecule has 0 heterocycles. The average Bonchev–Trinajstić information content (AvgIpc) is 2.20. The van der Waals surface area contributed by atoms with Crippen molar-refractivity contribution in [1.29, 1.82) is 0 Å². The molecule has 4 heteroatoms. The fourth-order valence-corrected chi connectivity index (χ4v) is 1.68. The molecule has 0 aliphatic carbocycles. The number of hydrogen-bond acceptors (Lipinski definition) is 4. The van der Waals surface area contributed by atoms with E-state index in [1.165, 1.54) is 6.92 Å². The molecule has 0 aromatic carbocycles. The third kappa shape index (κ3) is 6.55. The molecule has 0 bridgehead atoms.